The van der Waals surface area contributed by atoms with Crippen LogP contribution in [-0.4, -0.2) is 78.1 Å². The van der Waals surface area contributed by atoms with Crippen molar-refractivity contribution in [3.8, 4) is 0 Å². The first kappa shape index (κ1) is 18.7. The van der Waals surface area contributed by atoms with Gasteiger partial charge in [0.2, 0.25) is 5.95 Å². The van der Waals surface area contributed by atoms with Crippen LogP contribution in [0.5, 0.6) is 0 Å². The van der Waals surface area contributed by atoms with E-state index in [1.807, 2.05) is 4.90 Å². The number of nitrogens with one attached hydrogen (secondary N) is 1. The zero-order valence-electron chi connectivity index (χ0n) is 15.2. The number of methoxy groups -OCH3 is 1. The van der Waals surface area contributed by atoms with Gasteiger partial charge in [-0.25, -0.2) is 9.97 Å². The Kier molecular flexibility index (Phi) is 6.26. The second-order valence-corrected chi connectivity index (χ2v) is 6.01. The van der Waals surface area contributed by atoms with Crippen LogP contribution < -0.4 is 10.2 Å². The van der Waals surface area contributed by atoms with Crippen molar-refractivity contribution in [2.45, 2.75) is 0 Å². The van der Waals surface area contributed by atoms with Gasteiger partial charge in [0.05, 0.1) is 6.61 Å². The number of piperazine rings is 1. The summed E-state index contributed by atoms with van der Waals surface area (Å²) in [5.41, 5.74) is 0.666. The van der Waals surface area contributed by atoms with E-state index in [4.69, 9.17) is 4.74 Å². The second-order valence-electron chi connectivity index (χ2n) is 6.01. The summed E-state index contributed by atoms with van der Waals surface area (Å²) in [6.45, 7) is 3.25. The van der Waals surface area contributed by atoms with E-state index in [0.717, 1.165) is 0 Å². The van der Waals surface area contributed by atoms with Crippen LogP contribution in [-0.2, 0) is 4.74 Å². The van der Waals surface area contributed by atoms with Crippen molar-refractivity contribution in [2.75, 3.05) is 51.3 Å². The fourth-order valence-electron chi connectivity index (χ4n) is 2.79. The molecule has 3 heterocycles. The van der Waals surface area contributed by atoms with Crippen molar-refractivity contribution in [2.24, 2.45) is 0 Å². The monoisotopic (exact) mass is 370 g/mol. The number of anilines is 1. The summed E-state index contributed by atoms with van der Waals surface area (Å²) in [4.78, 5) is 41.2. The van der Waals surface area contributed by atoms with Gasteiger partial charge in [0.25, 0.3) is 11.8 Å². The third-order valence-electron chi connectivity index (χ3n) is 4.23. The molecule has 0 bridgehead atoms. The SMILES string of the molecule is COCCNC(=O)c1cc(C(=O)N2CCN(c3ncccn3)CC2)ccn1. The topological polar surface area (TPSA) is 101 Å². The number of aromatic nitrogens is 3. The molecule has 2 aromatic rings. The summed E-state index contributed by atoms with van der Waals surface area (Å²) >= 11 is 0. The number of pyridine rings is 1. The lowest BCUT2D eigenvalue weighted by Gasteiger charge is -2.34. The van der Waals surface area contributed by atoms with Crippen molar-refractivity contribution < 1.29 is 14.3 Å². The van der Waals surface area contributed by atoms with E-state index in [2.05, 4.69) is 20.3 Å². The highest BCUT2D eigenvalue weighted by molar-refractivity contribution is 5.98. The molecule has 0 unspecified atom stereocenters. The van der Waals surface area contributed by atoms with Crippen LogP contribution in [0.4, 0.5) is 5.95 Å². The molecule has 9 nitrogen and oxygen atoms in total. The number of carbonyl (C=O) groups is 2. The summed E-state index contributed by atoms with van der Waals surface area (Å²) < 4.78 is 4.90. The van der Waals surface area contributed by atoms with E-state index in [9.17, 15) is 9.59 Å². The third-order valence-corrected chi connectivity index (χ3v) is 4.23. The summed E-state index contributed by atoms with van der Waals surface area (Å²) in [6.07, 6.45) is 4.89. The molecule has 1 saturated heterocycles. The smallest absolute Gasteiger partial charge is 0.269 e. The van der Waals surface area contributed by atoms with E-state index >= 15 is 0 Å². The van der Waals surface area contributed by atoms with Crippen molar-refractivity contribution >= 4 is 17.8 Å². The van der Waals surface area contributed by atoms with Crippen LogP contribution in [0.2, 0.25) is 0 Å². The molecule has 1 N–H and O–H groups in total. The first-order valence-corrected chi connectivity index (χ1v) is 8.73. The van der Waals surface area contributed by atoms with Crippen molar-refractivity contribution in [3.05, 3.63) is 48.0 Å². The molecule has 1 fully saturated rings. The highest BCUT2D eigenvalue weighted by atomic mass is 16.5. The molecule has 0 atom stereocenters. The molecule has 1 aliphatic rings. The van der Waals surface area contributed by atoms with Gasteiger partial charge < -0.3 is 19.9 Å². The number of hydrogen-bond acceptors (Lipinski definition) is 7. The average molecular weight is 370 g/mol. The van der Waals surface area contributed by atoms with E-state index in [1.54, 1.807) is 36.5 Å². The predicted octanol–water partition coefficient (Wildman–Crippen LogP) is 0.210. The van der Waals surface area contributed by atoms with Crippen LogP contribution in [0.1, 0.15) is 20.8 Å². The number of ether oxygens (including phenoxy) is 1. The Hall–Kier alpha value is -3.07. The highest BCUT2D eigenvalue weighted by Gasteiger charge is 2.24. The Morgan fingerprint density at radius 2 is 1.85 bits per heavy atom. The lowest BCUT2D eigenvalue weighted by molar-refractivity contribution is 0.0746. The fraction of sp³-hybridized carbons (Fsp3) is 0.389. The van der Waals surface area contributed by atoms with Gasteiger partial charge in [-0.1, -0.05) is 0 Å². The Morgan fingerprint density at radius 3 is 2.56 bits per heavy atom. The van der Waals surface area contributed by atoms with Crippen LogP contribution in [0.3, 0.4) is 0 Å². The number of hydrogen-bond donors (Lipinski definition) is 1. The molecular weight excluding hydrogens is 348 g/mol. The maximum absolute atomic E-state index is 12.8. The molecule has 9 heteroatoms. The molecule has 27 heavy (non-hydrogen) atoms. The van der Waals surface area contributed by atoms with Crippen LogP contribution in [0.15, 0.2) is 36.8 Å². The van der Waals surface area contributed by atoms with Gasteiger partial charge in [0.1, 0.15) is 5.69 Å². The van der Waals surface area contributed by atoms with Crippen LogP contribution in [0.25, 0.3) is 0 Å². The highest BCUT2D eigenvalue weighted by Crippen LogP contribution is 2.13. The Labute approximate surface area is 157 Å². The number of carbonyl (C=O) groups excluding carboxylic acids is 2. The lowest BCUT2D eigenvalue weighted by Crippen LogP contribution is -2.49. The van der Waals surface area contributed by atoms with Gasteiger partial charge in [-0.05, 0) is 18.2 Å². The molecular formula is C18H22N6O3. The zero-order valence-corrected chi connectivity index (χ0v) is 15.2. The first-order chi connectivity index (χ1) is 13.2. The quantitative estimate of drug-likeness (QED) is 0.726. The second kappa shape index (κ2) is 9.04. The molecule has 0 saturated carbocycles. The largest absolute Gasteiger partial charge is 0.383 e. The molecule has 0 aromatic carbocycles. The number of rotatable bonds is 6. The standard InChI is InChI=1S/C18H22N6O3/c1-27-12-7-20-16(25)15-13-14(3-6-19-15)17(26)23-8-10-24(11-9-23)18-21-4-2-5-22-18/h2-6,13H,7-12H2,1H3,(H,20,25). The van der Waals surface area contributed by atoms with Gasteiger partial charge in [0, 0.05) is 64.0 Å². The van der Waals surface area contributed by atoms with E-state index in [-0.39, 0.29) is 17.5 Å². The number of amides is 2. The van der Waals surface area contributed by atoms with Gasteiger partial charge in [0.15, 0.2) is 0 Å². The van der Waals surface area contributed by atoms with E-state index in [1.165, 1.54) is 12.3 Å². The van der Waals surface area contributed by atoms with Gasteiger partial charge in [-0.2, -0.15) is 0 Å². The summed E-state index contributed by atoms with van der Waals surface area (Å²) in [6, 6.07) is 4.92. The molecule has 0 aliphatic carbocycles. The van der Waals surface area contributed by atoms with Gasteiger partial charge in [-0.3, -0.25) is 14.6 Å². The number of nitrogens with zero attached hydrogens (tertiary/aromatic N) is 5. The molecule has 1 aliphatic heterocycles. The molecule has 2 aromatic heterocycles. The minimum Gasteiger partial charge on any atom is -0.383 e. The lowest BCUT2D eigenvalue weighted by atomic mass is 10.1. The molecule has 0 radical (unpaired) electrons. The zero-order chi connectivity index (χ0) is 19.1. The Bertz CT molecular complexity index is 778. The maximum atomic E-state index is 12.8. The minimum absolute atomic E-state index is 0.114. The van der Waals surface area contributed by atoms with Crippen molar-refractivity contribution in [3.63, 3.8) is 0 Å². The van der Waals surface area contributed by atoms with E-state index < -0.39 is 0 Å². The maximum Gasteiger partial charge on any atom is 0.269 e. The van der Waals surface area contributed by atoms with Crippen LogP contribution in [0, 0.1) is 0 Å². The first-order valence-electron chi connectivity index (χ1n) is 8.73. The Morgan fingerprint density at radius 1 is 1.11 bits per heavy atom. The van der Waals surface area contributed by atoms with E-state index in [0.29, 0.717) is 50.8 Å². The van der Waals surface area contributed by atoms with Crippen LogP contribution >= 0.6 is 0 Å². The van der Waals surface area contributed by atoms with Crippen molar-refractivity contribution in [1.82, 2.24) is 25.2 Å². The average Bonchev–Trinajstić information content (AvgIpc) is 2.74. The van der Waals surface area contributed by atoms with Gasteiger partial charge >= 0.3 is 0 Å². The third kappa shape index (κ3) is 4.76. The summed E-state index contributed by atoms with van der Waals surface area (Å²) in [7, 11) is 1.56. The normalized spacial score (nSPS) is 14.1. The van der Waals surface area contributed by atoms with Crippen molar-refractivity contribution in [1.29, 1.82) is 0 Å². The summed E-state index contributed by atoms with van der Waals surface area (Å²) in [5.74, 6) is 0.230. The fourth-order valence-corrected chi connectivity index (χ4v) is 2.79. The molecule has 0 spiro atoms. The minimum atomic E-state index is -0.326. The molecule has 2 amide bonds. The molecule has 142 valence electrons. The predicted molar refractivity (Wildman–Crippen MR) is 98.6 cm³/mol. The molecule has 3 rings (SSSR count). The summed E-state index contributed by atoms with van der Waals surface area (Å²) in [5, 5.41) is 2.70. The Balaban J connectivity index is 1.60. The van der Waals surface area contributed by atoms with Gasteiger partial charge in [-0.15, -0.1) is 0 Å².